The molecule has 0 saturated carbocycles. The predicted octanol–water partition coefficient (Wildman–Crippen LogP) is 5.76. The van der Waals surface area contributed by atoms with E-state index in [-0.39, 0.29) is 44.5 Å². The summed E-state index contributed by atoms with van der Waals surface area (Å²) in [5.41, 5.74) is -3.00. The Balaban J connectivity index is 1.77. The highest BCUT2D eigenvalue weighted by Crippen LogP contribution is 2.43. The van der Waals surface area contributed by atoms with Crippen LogP contribution >= 0.6 is 11.6 Å². The molecule has 7 nitrogen and oxygen atoms in total. The molecule has 1 aliphatic rings. The molecule has 41 heavy (non-hydrogen) atoms. The number of halogens is 8. The van der Waals surface area contributed by atoms with Crippen LogP contribution in [0.3, 0.4) is 0 Å². The van der Waals surface area contributed by atoms with Crippen LogP contribution in [-0.4, -0.2) is 27.4 Å². The molecular formula is C26H17ClF7N5O2. The van der Waals surface area contributed by atoms with Crippen LogP contribution in [-0.2, 0) is 19.8 Å². The highest BCUT2D eigenvalue weighted by molar-refractivity contribution is 6.31. The van der Waals surface area contributed by atoms with Crippen molar-refractivity contribution < 1.29 is 40.3 Å². The summed E-state index contributed by atoms with van der Waals surface area (Å²) < 4.78 is 96.9. The number of imidazole rings is 1. The van der Waals surface area contributed by atoms with Gasteiger partial charge in [0, 0.05) is 34.4 Å². The first kappa shape index (κ1) is 28.2. The Morgan fingerprint density at radius 3 is 2.49 bits per heavy atom. The molecule has 4 aromatic rings. The van der Waals surface area contributed by atoms with Crippen LogP contribution in [0.1, 0.15) is 43.4 Å². The van der Waals surface area contributed by atoms with Gasteiger partial charge in [0.25, 0.3) is 18.2 Å². The Hall–Kier alpha value is -4.33. The fourth-order valence-corrected chi connectivity index (χ4v) is 5.13. The average molecular weight is 600 g/mol. The third-order valence-electron chi connectivity index (χ3n) is 6.64. The maximum Gasteiger partial charge on any atom is 0.416 e. The Bertz CT molecular complexity index is 1810. The van der Waals surface area contributed by atoms with Crippen LogP contribution in [0.5, 0.6) is 0 Å². The van der Waals surface area contributed by atoms with E-state index in [1.54, 1.807) is 0 Å². The van der Waals surface area contributed by atoms with Crippen LogP contribution in [0.25, 0.3) is 11.0 Å². The molecule has 0 radical (unpaired) electrons. The van der Waals surface area contributed by atoms with E-state index >= 15 is 0 Å². The Labute approximate surface area is 230 Å². The fourth-order valence-electron chi connectivity index (χ4n) is 4.90. The minimum Gasteiger partial charge on any atom is -0.341 e. The van der Waals surface area contributed by atoms with Crippen LogP contribution in [0.4, 0.5) is 36.4 Å². The molecule has 0 aliphatic carbocycles. The molecule has 3 aromatic carbocycles. The van der Waals surface area contributed by atoms with Crippen molar-refractivity contribution in [3.05, 3.63) is 92.6 Å². The molecule has 5 rings (SSSR count). The van der Waals surface area contributed by atoms with Crippen molar-refractivity contribution in [2.75, 3.05) is 5.32 Å². The first-order valence-electron chi connectivity index (χ1n) is 11.7. The molecule has 0 saturated heterocycles. The Morgan fingerprint density at radius 2 is 1.83 bits per heavy atom. The number of nitrogens with one attached hydrogen (secondary N) is 3. The van der Waals surface area contributed by atoms with Gasteiger partial charge in [0.15, 0.2) is 0 Å². The number of hydrogen-bond acceptors (Lipinski definition) is 3. The number of rotatable bonds is 5. The minimum atomic E-state index is -4.97. The quantitative estimate of drug-likeness (QED) is 0.255. The molecule has 2 amide bonds. The number of amides is 2. The third-order valence-corrected chi connectivity index (χ3v) is 6.98. The normalized spacial score (nSPS) is 15.0. The van der Waals surface area contributed by atoms with Gasteiger partial charge in [-0.05, 0) is 42.5 Å². The van der Waals surface area contributed by atoms with Gasteiger partial charge in [-0.2, -0.15) is 13.2 Å². The molecule has 2 heterocycles. The van der Waals surface area contributed by atoms with Gasteiger partial charge in [-0.1, -0.05) is 11.6 Å². The lowest BCUT2D eigenvalue weighted by Crippen LogP contribution is -2.25. The SMILES string of the molecule is Cn1c(=N)n(CC(F)F)c2cc(NC(=O)c3cc(F)cc(C(F)(F)F)c3)c3c(c21)C(=O)N[C@H]3c1cc(F)ccc1Cl. The highest BCUT2D eigenvalue weighted by Gasteiger charge is 2.38. The topological polar surface area (TPSA) is 91.9 Å². The molecule has 0 spiro atoms. The van der Waals surface area contributed by atoms with E-state index in [1.165, 1.54) is 17.7 Å². The molecule has 3 N–H and O–H groups in total. The highest BCUT2D eigenvalue weighted by atomic mass is 35.5. The van der Waals surface area contributed by atoms with E-state index in [0.717, 1.165) is 22.8 Å². The van der Waals surface area contributed by atoms with Gasteiger partial charge in [0.1, 0.15) is 11.6 Å². The Morgan fingerprint density at radius 1 is 1.12 bits per heavy atom. The van der Waals surface area contributed by atoms with E-state index in [9.17, 15) is 40.3 Å². The van der Waals surface area contributed by atoms with Crippen molar-refractivity contribution in [1.29, 1.82) is 5.41 Å². The third kappa shape index (κ3) is 4.92. The number of fused-ring (bicyclic) bond motifs is 3. The van der Waals surface area contributed by atoms with E-state index < -0.39 is 65.4 Å². The summed E-state index contributed by atoms with van der Waals surface area (Å²) in [6, 6.07) is 4.46. The molecule has 0 unspecified atom stereocenters. The van der Waals surface area contributed by atoms with Crippen molar-refractivity contribution in [1.82, 2.24) is 14.5 Å². The van der Waals surface area contributed by atoms with Crippen molar-refractivity contribution in [2.45, 2.75) is 25.2 Å². The maximum atomic E-state index is 14.2. The van der Waals surface area contributed by atoms with Crippen LogP contribution < -0.4 is 16.3 Å². The van der Waals surface area contributed by atoms with Gasteiger partial charge in [0.05, 0.1) is 34.7 Å². The zero-order valence-electron chi connectivity index (χ0n) is 20.6. The largest absolute Gasteiger partial charge is 0.416 e. The molecule has 1 aliphatic heterocycles. The van der Waals surface area contributed by atoms with Gasteiger partial charge in [-0.3, -0.25) is 15.0 Å². The number of anilines is 1. The number of nitrogens with zero attached hydrogens (tertiary/aromatic N) is 2. The minimum absolute atomic E-state index is 0.0133. The van der Waals surface area contributed by atoms with Gasteiger partial charge < -0.3 is 19.8 Å². The molecule has 1 aromatic heterocycles. The summed E-state index contributed by atoms with van der Waals surface area (Å²) >= 11 is 6.28. The lowest BCUT2D eigenvalue weighted by atomic mass is 9.95. The summed E-state index contributed by atoms with van der Waals surface area (Å²) in [5, 5.41) is 13.3. The van der Waals surface area contributed by atoms with Crippen molar-refractivity contribution in [3.8, 4) is 0 Å². The van der Waals surface area contributed by atoms with E-state index in [4.69, 9.17) is 17.0 Å². The first-order valence-corrected chi connectivity index (χ1v) is 12.1. The molecular weight excluding hydrogens is 583 g/mol. The second-order valence-corrected chi connectivity index (χ2v) is 9.62. The predicted molar refractivity (Wildman–Crippen MR) is 133 cm³/mol. The summed E-state index contributed by atoms with van der Waals surface area (Å²) in [4.78, 5) is 26.5. The van der Waals surface area contributed by atoms with Gasteiger partial charge >= 0.3 is 6.18 Å². The number of hydrogen-bond donors (Lipinski definition) is 3. The molecule has 1 atom stereocenters. The van der Waals surface area contributed by atoms with Crippen LogP contribution in [0, 0.1) is 17.0 Å². The van der Waals surface area contributed by atoms with E-state index in [0.29, 0.717) is 12.1 Å². The molecule has 15 heteroatoms. The van der Waals surface area contributed by atoms with Crippen molar-refractivity contribution in [3.63, 3.8) is 0 Å². The lowest BCUT2D eigenvalue weighted by Gasteiger charge is -2.19. The lowest BCUT2D eigenvalue weighted by molar-refractivity contribution is -0.137. The summed E-state index contributed by atoms with van der Waals surface area (Å²) in [7, 11) is 1.35. The van der Waals surface area contributed by atoms with E-state index in [2.05, 4.69) is 10.6 Å². The second kappa shape index (κ2) is 9.94. The van der Waals surface area contributed by atoms with Crippen molar-refractivity contribution >= 4 is 40.1 Å². The number of benzene rings is 3. The summed E-state index contributed by atoms with van der Waals surface area (Å²) in [5.74, 6) is -4.06. The average Bonchev–Trinajstić information content (AvgIpc) is 3.34. The van der Waals surface area contributed by atoms with Crippen LogP contribution in [0.15, 0.2) is 42.5 Å². The first-order chi connectivity index (χ1) is 19.2. The molecule has 0 fully saturated rings. The second-order valence-electron chi connectivity index (χ2n) is 9.22. The smallest absolute Gasteiger partial charge is 0.341 e. The van der Waals surface area contributed by atoms with Gasteiger partial charge in [-0.15, -0.1) is 0 Å². The number of alkyl halides is 5. The number of carbonyl (C=O) groups excluding carboxylic acids is 2. The zero-order chi connectivity index (χ0) is 30.0. The summed E-state index contributed by atoms with van der Waals surface area (Å²) in [6.07, 6.45) is -7.89. The maximum absolute atomic E-state index is 14.2. The number of aromatic nitrogens is 2. The Kier molecular flexibility index (Phi) is 6.84. The van der Waals surface area contributed by atoms with Gasteiger partial charge in [0.2, 0.25) is 5.62 Å². The molecule has 0 bridgehead atoms. The fraction of sp³-hybridized carbons (Fsp3) is 0.192. The van der Waals surface area contributed by atoms with Gasteiger partial charge in [-0.25, -0.2) is 17.6 Å². The monoisotopic (exact) mass is 599 g/mol. The number of aryl methyl sites for hydroxylation is 1. The van der Waals surface area contributed by atoms with Crippen LogP contribution in [0.2, 0.25) is 5.02 Å². The standard InChI is InChI=1S/C26H17ClF7N5O2/c1-38-22-17(39(25(38)35)9-18(30)31)8-16(36-23(40)10-4-11(26(32,33)34)6-13(29)5-10)19-20(22)24(41)37-21(19)14-7-12(28)2-3-15(14)27/h2-8,18,21,35H,9H2,1H3,(H,36,40)(H,37,41)/t21-/m0/s1. The van der Waals surface area contributed by atoms with Crippen molar-refractivity contribution in [2.24, 2.45) is 7.05 Å². The summed E-state index contributed by atoms with van der Waals surface area (Å²) in [6.45, 7) is -0.956. The molecule has 214 valence electrons. The van der Waals surface area contributed by atoms with E-state index in [1.807, 2.05) is 0 Å². The number of carbonyl (C=O) groups is 2. The zero-order valence-corrected chi connectivity index (χ0v) is 21.4.